The second kappa shape index (κ2) is 6.72. The zero-order valence-electron chi connectivity index (χ0n) is 6.74. The van der Waals surface area contributed by atoms with E-state index in [0.717, 1.165) is 0 Å². The van der Waals surface area contributed by atoms with Crippen LogP contribution in [0.2, 0.25) is 0 Å². The maximum absolute atomic E-state index is 10.4. The second-order valence-electron chi connectivity index (χ2n) is 2.06. The average molecular weight is 181 g/mol. The Labute approximate surface area is 69.2 Å². The number of hydrogen-bond donors (Lipinski definition) is 0. The summed E-state index contributed by atoms with van der Waals surface area (Å²) in [5.74, 6) is 0. The Morgan fingerprint density at radius 3 is 2.55 bits per heavy atom. The molecule has 0 amide bonds. The van der Waals surface area contributed by atoms with E-state index in [1.165, 1.54) is 7.11 Å². The Hall–Kier alpha value is 0.0300. The molecule has 4 nitrogen and oxygen atoms in total. The molecule has 0 rings (SSSR count). The van der Waals surface area contributed by atoms with Crippen molar-refractivity contribution >= 4 is 11.1 Å². The topological polar surface area (TPSA) is 58.6 Å². The SMILES string of the molecule is COCCCC(OC)S(=O)[O-]. The third-order valence-electron chi connectivity index (χ3n) is 1.27. The Kier molecular flexibility index (Phi) is 6.74. The molecule has 0 aromatic carbocycles. The first-order valence-electron chi connectivity index (χ1n) is 3.32. The molecule has 0 fully saturated rings. The molecule has 0 aliphatic carbocycles. The van der Waals surface area contributed by atoms with Crippen molar-refractivity contribution in [3.05, 3.63) is 0 Å². The minimum absolute atomic E-state index is 0.487. The highest BCUT2D eigenvalue weighted by atomic mass is 32.2. The Balaban J connectivity index is 3.44. The van der Waals surface area contributed by atoms with Crippen molar-refractivity contribution in [1.29, 1.82) is 0 Å². The molecule has 0 spiro atoms. The Morgan fingerprint density at radius 2 is 2.18 bits per heavy atom. The van der Waals surface area contributed by atoms with Gasteiger partial charge in [0.15, 0.2) is 0 Å². The van der Waals surface area contributed by atoms with Crippen LogP contribution in [0.3, 0.4) is 0 Å². The number of methoxy groups -OCH3 is 2. The molecule has 0 radical (unpaired) electrons. The van der Waals surface area contributed by atoms with E-state index in [0.29, 0.717) is 19.4 Å². The van der Waals surface area contributed by atoms with Crippen LogP contribution in [-0.2, 0) is 20.6 Å². The fourth-order valence-corrected chi connectivity index (χ4v) is 1.20. The molecule has 0 aromatic heterocycles. The van der Waals surface area contributed by atoms with Crippen LogP contribution in [0.5, 0.6) is 0 Å². The normalized spacial score (nSPS) is 16.3. The largest absolute Gasteiger partial charge is 0.770 e. The smallest absolute Gasteiger partial charge is 0.119 e. The van der Waals surface area contributed by atoms with Gasteiger partial charge in [-0.1, -0.05) is 0 Å². The van der Waals surface area contributed by atoms with Crippen LogP contribution in [-0.4, -0.2) is 35.0 Å². The lowest BCUT2D eigenvalue weighted by molar-refractivity contribution is 0.133. The van der Waals surface area contributed by atoms with Crippen molar-refractivity contribution in [3.63, 3.8) is 0 Å². The predicted molar refractivity (Wildman–Crippen MR) is 40.8 cm³/mol. The fraction of sp³-hybridized carbons (Fsp3) is 1.00. The molecule has 0 aliphatic heterocycles. The summed E-state index contributed by atoms with van der Waals surface area (Å²) in [6.07, 6.45) is 1.18. The maximum atomic E-state index is 10.4. The van der Waals surface area contributed by atoms with Gasteiger partial charge in [0.25, 0.3) is 0 Å². The van der Waals surface area contributed by atoms with Crippen LogP contribution in [0.1, 0.15) is 12.8 Å². The highest BCUT2D eigenvalue weighted by molar-refractivity contribution is 7.79. The monoisotopic (exact) mass is 181 g/mol. The van der Waals surface area contributed by atoms with Crippen molar-refractivity contribution in [2.45, 2.75) is 18.3 Å². The van der Waals surface area contributed by atoms with Gasteiger partial charge in [0, 0.05) is 20.8 Å². The van der Waals surface area contributed by atoms with Crippen LogP contribution in [0.4, 0.5) is 0 Å². The lowest BCUT2D eigenvalue weighted by Gasteiger charge is -2.17. The van der Waals surface area contributed by atoms with E-state index < -0.39 is 16.5 Å². The summed E-state index contributed by atoms with van der Waals surface area (Å²) in [6.45, 7) is 0.567. The molecular formula is C6H13O4S-. The summed E-state index contributed by atoms with van der Waals surface area (Å²) in [5.41, 5.74) is -0.690. The molecular weight excluding hydrogens is 168 g/mol. The third kappa shape index (κ3) is 5.32. The molecule has 0 saturated heterocycles. The van der Waals surface area contributed by atoms with E-state index in [-0.39, 0.29) is 0 Å². The third-order valence-corrected chi connectivity index (χ3v) is 2.12. The number of hydrogen-bond acceptors (Lipinski definition) is 4. The molecule has 68 valence electrons. The van der Waals surface area contributed by atoms with Crippen LogP contribution in [0, 0.1) is 0 Å². The van der Waals surface area contributed by atoms with Crippen LogP contribution in [0.25, 0.3) is 0 Å². The van der Waals surface area contributed by atoms with E-state index >= 15 is 0 Å². The predicted octanol–water partition coefficient (Wildman–Crippen LogP) is 0.265. The first-order chi connectivity index (χ1) is 5.22. The van der Waals surface area contributed by atoms with Crippen molar-refractivity contribution in [1.82, 2.24) is 0 Å². The van der Waals surface area contributed by atoms with Gasteiger partial charge in [-0.15, -0.1) is 0 Å². The van der Waals surface area contributed by atoms with Gasteiger partial charge in [0.05, 0.1) is 0 Å². The van der Waals surface area contributed by atoms with Crippen molar-refractivity contribution < 1.29 is 18.2 Å². The van der Waals surface area contributed by atoms with Crippen molar-refractivity contribution in [2.24, 2.45) is 0 Å². The standard InChI is InChI=1S/C6H14O4S/c1-9-5-3-4-6(10-2)11(7)8/h6H,3-5H2,1-2H3,(H,7,8)/p-1. The highest BCUT2D eigenvalue weighted by Crippen LogP contribution is 2.03. The van der Waals surface area contributed by atoms with E-state index in [1.54, 1.807) is 7.11 Å². The number of rotatable bonds is 6. The number of ether oxygens (including phenoxy) is 2. The van der Waals surface area contributed by atoms with Gasteiger partial charge >= 0.3 is 0 Å². The average Bonchev–Trinajstić information content (AvgIpc) is 1.97. The quantitative estimate of drug-likeness (QED) is 0.436. The summed E-state index contributed by atoms with van der Waals surface area (Å²) in [7, 11) is 2.96. The first kappa shape index (κ1) is 11.0. The van der Waals surface area contributed by atoms with Gasteiger partial charge in [-0.2, -0.15) is 0 Å². The summed E-state index contributed by atoms with van der Waals surface area (Å²) < 4.78 is 30.2. The zero-order chi connectivity index (χ0) is 8.69. The first-order valence-corrected chi connectivity index (χ1v) is 4.46. The minimum atomic E-state index is -2.13. The molecule has 5 heteroatoms. The minimum Gasteiger partial charge on any atom is -0.770 e. The lowest BCUT2D eigenvalue weighted by atomic mass is 10.3. The Morgan fingerprint density at radius 1 is 1.55 bits per heavy atom. The van der Waals surface area contributed by atoms with E-state index in [2.05, 4.69) is 0 Å². The molecule has 0 saturated carbocycles. The molecule has 2 unspecified atom stereocenters. The molecule has 11 heavy (non-hydrogen) atoms. The summed E-state index contributed by atoms with van der Waals surface area (Å²) in [4.78, 5) is 0. The molecule has 2 atom stereocenters. The van der Waals surface area contributed by atoms with Gasteiger partial charge in [0.1, 0.15) is 5.44 Å². The van der Waals surface area contributed by atoms with Crippen LogP contribution >= 0.6 is 0 Å². The van der Waals surface area contributed by atoms with Gasteiger partial charge in [-0.05, 0) is 23.9 Å². The highest BCUT2D eigenvalue weighted by Gasteiger charge is 2.05. The molecule has 0 heterocycles. The fourth-order valence-electron chi connectivity index (χ4n) is 0.687. The second-order valence-corrected chi connectivity index (χ2v) is 3.11. The van der Waals surface area contributed by atoms with E-state index in [4.69, 9.17) is 9.47 Å². The van der Waals surface area contributed by atoms with Gasteiger partial charge in [-0.25, -0.2) is 0 Å². The van der Waals surface area contributed by atoms with Gasteiger partial charge in [0.2, 0.25) is 0 Å². The summed E-state index contributed by atoms with van der Waals surface area (Å²) in [6, 6.07) is 0. The van der Waals surface area contributed by atoms with Gasteiger partial charge in [-0.3, -0.25) is 4.21 Å². The summed E-state index contributed by atoms with van der Waals surface area (Å²) >= 11 is -2.13. The van der Waals surface area contributed by atoms with Crippen LogP contribution in [0.15, 0.2) is 0 Å². The molecule has 0 aromatic rings. The summed E-state index contributed by atoms with van der Waals surface area (Å²) in [5, 5.41) is 0. The van der Waals surface area contributed by atoms with E-state index in [1.807, 2.05) is 0 Å². The van der Waals surface area contributed by atoms with Crippen LogP contribution < -0.4 is 0 Å². The molecule has 0 aliphatic rings. The zero-order valence-corrected chi connectivity index (χ0v) is 7.56. The lowest BCUT2D eigenvalue weighted by Crippen LogP contribution is -2.17. The molecule has 0 bridgehead atoms. The van der Waals surface area contributed by atoms with Crippen molar-refractivity contribution in [3.8, 4) is 0 Å². The van der Waals surface area contributed by atoms with Gasteiger partial charge < -0.3 is 14.0 Å². The van der Waals surface area contributed by atoms with Crippen molar-refractivity contribution in [2.75, 3.05) is 20.8 Å². The Bertz CT molecular complexity index is 117. The maximum Gasteiger partial charge on any atom is 0.119 e. The van der Waals surface area contributed by atoms with E-state index in [9.17, 15) is 8.76 Å². The molecule has 0 N–H and O–H groups in total.